The Bertz CT molecular complexity index is 1560. The van der Waals surface area contributed by atoms with Crippen LogP contribution in [-0.4, -0.2) is 102 Å². The van der Waals surface area contributed by atoms with Gasteiger partial charge in [-0.05, 0) is 36.4 Å². The van der Waals surface area contributed by atoms with Crippen molar-refractivity contribution in [3.05, 3.63) is 78.7 Å². The first kappa shape index (κ1) is 29.7. The molecule has 44 heavy (non-hydrogen) atoms. The molecule has 3 aromatic rings. The van der Waals surface area contributed by atoms with Crippen LogP contribution in [-0.2, 0) is 22.5 Å². The molecule has 1 amide bonds. The summed E-state index contributed by atoms with van der Waals surface area (Å²) in [4.78, 5) is 30.8. The third kappa shape index (κ3) is 6.58. The molecule has 10 nitrogen and oxygen atoms in total. The molecule has 10 heteroatoms. The van der Waals surface area contributed by atoms with Gasteiger partial charge in [0.1, 0.15) is 11.6 Å². The predicted octanol–water partition coefficient (Wildman–Crippen LogP) is 3.54. The summed E-state index contributed by atoms with van der Waals surface area (Å²) >= 11 is 0. The summed E-state index contributed by atoms with van der Waals surface area (Å²) in [5, 5.41) is 12.6. The van der Waals surface area contributed by atoms with E-state index < -0.39 is 0 Å². The van der Waals surface area contributed by atoms with Gasteiger partial charge in [0.05, 0.1) is 31.6 Å². The zero-order valence-corrected chi connectivity index (χ0v) is 25.2. The predicted molar refractivity (Wildman–Crippen MR) is 171 cm³/mol. The van der Waals surface area contributed by atoms with Gasteiger partial charge in [0.25, 0.3) is 0 Å². The standard InChI is InChI=1S/C34H40N6O4/c1-3-8-27-23-37(18-20-43-27)12-7-19-44-34-35-30-24-40(31-22-26(41)21-25-9-5-6-10-28(25)31)13-11-29(30)33(36-34)39-16-14-38(15-17-39)32(42)4-2/h4-6,8-10,21-22,27,41H,1-2,7,11-20,23-24H2. The van der Waals surface area contributed by atoms with Crippen LogP contribution in [0.4, 0.5) is 11.5 Å². The van der Waals surface area contributed by atoms with E-state index in [2.05, 4.69) is 39.7 Å². The highest BCUT2D eigenvalue weighted by molar-refractivity contribution is 5.95. The maximum atomic E-state index is 12.2. The van der Waals surface area contributed by atoms with Gasteiger partial charge in [0.2, 0.25) is 5.91 Å². The number of nitrogens with zero attached hydrogens (tertiary/aromatic N) is 6. The number of aromatic hydroxyl groups is 1. The molecule has 3 aliphatic rings. The van der Waals surface area contributed by atoms with Crippen LogP contribution in [0.5, 0.6) is 11.8 Å². The van der Waals surface area contributed by atoms with E-state index in [4.69, 9.17) is 19.4 Å². The SMILES string of the molecule is C=C=CC1CN(CCCOc2nc3c(c(N4CCN(C(=O)C=C)CC4)n2)CCN(c2cc(O)cc4ccccc24)C3)CCO1. The zero-order valence-electron chi connectivity index (χ0n) is 25.2. The lowest BCUT2D eigenvalue weighted by molar-refractivity contribution is -0.126. The van der Waals surface area contributed by atoms with E-state index in [1.807, 2.05) is 35.2 Å². The van der Waals surface area contributed by atoms with Gasteiger partial charge in [0, 0.05) is 75.1 Å². The van der Waals surface area contributed by atoms with Crippen molar-refractivity contribution >= 4 is 28.2 Å². The summed E-state index contributed by atoms with van der Waals surface area (Å²) in [6.45, 7) is 15.0. The molecule has 2 saturated heterocycles. The Morgan fingerprint density at radius 2 is 1.95 bits per heavy atom. The number of morpholine rings is 1. The second-order valence-electron chi connectivity index (χ2n) is 11.4. The molecule has 3 aliphatic heterocycles. The fourth-order valence-electron chi connectivity index (χ4n) is 6.34. The van der Waals surface area contributed by atoms with Gasteiger partial charge in [0.15, 0.2) is 0 Å². The molecule has 1 aromatic heterocycles. The number of rotatable bonds is 9. The molecule has 4 heterocycles. The fraction of sp³-hybridized carbons (Fsp3) is 0.412. The lowest BCUT2D eigenvalue weighted by Gasteiger charge is -2.38. The van der Waals surface area contributed by atoms with E-state index in [-0.39, 0.29) is 17.8 Å². The number of amides is 1. The first-order valence-electron chi connectivity index (χ1n) is 15.4. The third-order valence-corrected chi connectivity index (χ3v) is 8.58. The first-order valence-corrected chi connectivity index (χ1v) is 15.4. The van der Waals surface area contributed by atoms with Crippen molar-refractivity contribution in [1.82, 2.24) is 19.8 Å². The number of hydrogen-bond donors (Lipinski definition) is 1. The Kier molecular flexibility index (Phi) is 9.12. The molecular formula is C34H40N6O4. The molecule has 0 radical (unpaired) electrons. The number of benzene rings is 2. The Hall–Kier alpha value is -4.37. The average molecular weight is 597 g/mol. The highest BCUT2D eigenvalue weighted by Crippen LogP contribution is 2.36. The van der Waals surface area contributed by atoms with Crippen LogP contribution in [0.1, 0.15) is 17.7 Å². The van der Waals surface area contributed by atoms with E-state index in [1.54, 1.807) is 6.07 Å². The summed E-state index contributed by atoms with van der Waals surface area (Å²) in [7, 11) is 0. The van der Waals surface area contributed by atoms with Crippen LogP contribution in [0.15, 0.2) is 67.4 Å². The van der Waals surface area contributed by atoms with Gasteiger partial charge < -0.3 is 29.3 Å². The zero-order chi connectivity index (χ0) is 30.5. The number of carbonyl (C=O) groups is 1. The molecule has 0 saturated carbocycles. The number of aromatic nitrogens is 2. The minimum Gasteiger partial charge on any atom is -0.508 e. The molecule has 0 aliphatic carbocycles. The second kappa shape index (κ2) is 13.5. The average Bonchev–Trinajstić information content (AvgIpc) is 3.05. The maximum absolute atomic E-state index is 12.2. The lowest BCUT2D eigenvalue weighted by Crippen LogP contribution is -2.49. The van der Waals surface area contributed by atoms with Crippen molar-refractivity contribution in [2.75, 3.05) is 75.4 Å². The molecule has 1 atom stereocenters. The van der Waals surface area contributed by atoms with E-state index in [0.29, 0.717) is 51.9 Å². The Balaban J connectivity index is 1.21. The largest absolute Gasteiger partial charge is 0.508 e. The van der Waals surface area contributed by atoms with Crippen LogP contribution in [0.2, 0.25) is 0 Å². The summed E-state index contributed by atoms with van der Waals surface area (Å²) < 4.78 is 11.9. The third-order valence-electron chi connectivity index (χ3n) is 8.58. The van der Waals surface area contributed by atoms with Gasteiger partial charge in [-0.1, -0.05) is 37.4 Å². The van der Waals surface area contributed by atoms with E-state index in [1.165, 1.54) is 6.08 Å². The van der Waals surface area contributed by atoms with E-state index in [0.717, 1.165) is 72.6 Å². The van der Waals surface area contributed by atoms with E-state index >= 15 is 0 Å². The fourth-order valence-corrected chi connectivity index (χ4v) is 6.34. The molecule has 2 fully saturated rings. The summed E-state index contributed by atoms with van der Waals surface area (Å²) in [5.74, 6) is 1.10. The molecule has 1 unspecified atom stereocenters. The van der Waals surface area contributed by atoms with Crippen molar-refractivity contribution in [2.45, 2.75) is 25.5 Å². The van der Waals surface area contributed by atoms with Gasteiger partial charge >= 0.3 is 6.01 Å². The van der Waals surface area contributed by atoms with Crippen molar-refractivity contribution in [3.8, 4) is 11.8 Å². The maximum Gasteiger partial charge on any atom is 0.318 e. The monoisotopic (exact) mass is 596 g/mol. The normalized spacial score (nSPS) is 18.9. The van der Waals surface area contributed by atoms with Gasteiger partial charge in [-0.15, -0.1) is 5.73 Å². The Morgan fingerprint density at radius 3 is 2.77 bits per heavy atom. The van der Waals surface area contributed by atoms with Crippen molar-refractivity contribution < 1.29 is 19.4 Å². The van der Waals surface area contributed by atoms with Crippen LogP contribution in [0.3, 0.4) is 0 Å². The summed E-state index contributed by atoms with van der Waals surface area (Å²) in [6, 6.07) is 12.1. The molecule has 1 N–H and O–H groups in total. The van der Waals surface area contributed by atoms with Gasteiger partial charge in [-0.2, -0.15) is 9.97 Å². The topological polar surface area (TPSA) is 94.5 Å². The van der Waals surface area contributed by atoms with Crippen LogP contribution in [0.25, 0.3) is 10.8 Å². The van der Waals surface area contributed by atoms with Gasteiger partial charge in [-0.3, -0.25) is 9.69 Å². The molecule has 0 bridgehead atoms. The number of hydrogen-bond acceptors (Lipinski definition) is 9. The number of piperazine rings is 1. The molecule has 2 aromatic carbocycles. The minimum atomic E-state index is -0.0422. The number of anilines is 2. The molecule has 0 spiro atoms. The Labute approximate surface area is 258 Å². The number of fused-ring (bicyclic) bond motifs is 2. The number of phenols is 1. The number of ether oxygens (including phenoxy) is 2. The minimum absolute atomic E-state index is 0.0301. The quantitative estimate of drug-likeness (QED) is 0.226. The smallest absolute Gasteiger partial charge is 0.318 e. The Morgan fingerprint density at radius 1 is 1.11 bits per heavy atom. The van der Waals surface area contributed by atoms with Crippen molar-refractivity contribution in [2.24, 2.45) is 0 Å². The molecular weight excluding hydrogens is 556 g/mol. The van der Waals surface area contributed by atoms with Crippen LogP contribution < -0.4 is 14.5 Å². The summed E-state index contributed by atoms with van der Waals surface area (Å²) in [5.41, 5.74) is 5.87. The van der Waals surface area contributed by atoms with E-state index in [9.17, 15) is 9.90 Å². The lowest BCUT2D eigenvalue weighted by atomic mass is 10.0. The number of phenolic OH excluding ortho intramolecular Hbond substituents is 1. The van der Waals surface area contributed by atoms with Crippen LogP contribution in [0, 0.1) is 0 Å². The highest BCUT2D eigenvalue weighted by atomic mass is 16.5. The van der Waals surface area contributed by atoms with Crippen molar-refractivity contribution in [3.63, 3.8) is 0 Å². The highest BCUT2D eigenvalue weighted by Gasteiger charge is 2.29. The van der Waals surface area contributed by atoms with Crippen molar-refractivity contribution in [1.29, 1.82) is 0 Å². The molecule has 230 valence electrons. The first-order chi connectivity index (χ1) is 21.5. The van der Waals surface area contributed by atoms with Gasteiger partial charge in [-0.25, -0.2) is 0 Å². The second-order valence-corrected chi connectivity index (χ2v) is 11.4. The molecule has 6 rings (SSSR count). The summed E-state index contributed by atoms with van der Waals surface area (Å²) in [6.07, 6.45) is 4.88. The number of carbonyl (C=O) groups excluding carboxylic acids is 1. The van der Waals surface area contributed by atoms with Crippen LogP contribution >= 0.6 is 0 Å².